The van der Waals surface area contributed by atoms with Crippen LogP contribution in [0.3, 0.4) is 0 Å². The van der Waals surface area contributed by atoms with E-state index in [1.807, 2.05) is 24.3 Å². The molecule has 2 aromatic rings. The van der Waals surface area contributed by atoms with Crippen molar-refractivity contribution in [1.29, 1.82) is 5.26 Å². The van der Waals surface area contributed by atoms with Gasteiger partial charge in [-0.1, -0.05) is 30.3 Å². The Balaban J connectivity index is 2.03. The zero-order chi connectivity index (χ0) is 15.2. The van der Waals surface area contributed by atoms with Crippen molar-refractivity contribution in [3.8, 4) is 6.07 Å². The zero-order valence-corrected chi connectivity index (χ0v) is 12.1. The lowest BCUT2D eigenvalue weighted by atomic mass is 10.0. The predicted octanol–water partition coefficient (Wildman–Crippen LogP) is 2.28. The van der Waals surface area contributed by atoms with Crippen molar-refractivity contribution in [2.24, 2.45) is 0 Å². The molecule has 0 aliphatic carbocycles. The molecule has 5 heteroatoms. The van der Waals surface area contributed by atoms with Crippen molar-refractivity contribution in [2.75, 3.05) is 5.73 Å². The number of aromatic nitrogens is 2. The second-order valence-corrected chi connectivity index (χ2v) is 5.19. The third kappa shape index (κ3) is 3.61. The van der Waals surface area contributed by atoms with Gasteiger partial charge in [-0.2, -0.15) is 10.4 Å². The van der Waals surface area contributed by atoms with Gasteiger partial charge in [0.05, 0.1) is 18.3 Å². The Morgan fingerprint density at radius 3 is 2.67 bits per heavy atom. The molecule has 0 aliphatic rings. The van der Waals surface area contributed by atoms with Crippen LogP contribution in [0.5, 0.6) is 0 Å². The van der Waals surface area contributed by atoms with Gasteiger partial charge in [0.2, 0.25) is 0 Å². The van der Waals surface area contributed by atoms with Crippen LogP contribution in [-0.4, -0.2) is 21.0 Å². The van der Waals surface area contributed by atoms with Crippen LogP contribution in [0.15, 0.2) is 36.5 Å². The van der Waals surface area contributed by atoms with Crippen LogP contribution in [0.1, 0.15) is 36.9 Å². The van der Waals surface area contributed by atoms with Crippen molar-refractivity contribution < 1.29 is 5.11 Å². The van der Waals surface area contributed by atoms with Crippen molar-refractivity contribution in [1.82, 2.24) is 9.78 Å². The Morgan fingerprint density at radius 1 is 1.38 bits per heavy atom. The number of nitriles is 1. The van der Waals surface area contributed by atoms with E-state index < -0.39 is 6.10 Å². The number of benzene rings is 1. The molecule has 2 atom stereocenters. The minimum Gasteiger partial charge on any atom is -0.391 e. The van der Waals surface area contributed by atoms with Crippen LogP contribution >= 0.6 is 0 Å². The first kappa shape index (κ1) is 15.1. The normalized spacial score (nSPS) is 13.6. The number of hydrogen-bond acceptors (Lipinski definition) is 4. The molecule has 0 fully saturated rings. The molecule has 3 N–H and O–H groups in total. The van der Waals surface area contributed by atoms with Gasteiger partial charge >= 0.3 is 0 Å². The Kier molecular flexibility index (Phi) is 4.96. The lowest BCUT2D eigenvalue weighted by Gasteiger charge is -2.21. The maximum absolute atomic E-state index is 9.97. The van der Waals surface area contributed by atoms with Crippen molar-refractivity contribution in [2.45, 2.75) is 38.3 Å². The summed E-state index contributed by atoms with van der Waals surface area (Å²) in [4.78, 5) is 0. The van der Waals surface area contributed by atoms with E-state index in [0.717, 1.165) is 19.3 Å². The highest BCUT2D eigenvalue weighted by Crippen LogP contribution is 2.24. The molecule has 0 bridgehead atoms. The SMILES string of the molecule is CC(O)C(CCCc1ccccc1)n1ncc(C#N)c1N. The van der Waals surface area contributed by atoms with Crippen LogP contribution in [0, 0.1) is 11.3 Å². The number of rotatable bonds is 6. The quantitative estimate of drug-likeness (QED) is 0.851. The molecule has 0 radical (unpaired) electrons. The Bertz CT molecular complexity index is 613. The van der Waals surface area contributed by atoms with Gasteiger partial charge in [-0.3, -0.25) is 0 Å². The number of nitrogens with two attached hydrogens (primary N) is 1. The molecule has 0 amide bonds. The second kappa shape index (κ2) is 6.91. The first-order valence-corrected chi connectivity index (χ1v) is 7.08. The average molecular weight is 284 g/mol. The van der Waals surface area contributed by atoms with Gasteiger partial charge in [0.1, 0.15) is 17.5 Å². The predicted molar refractivity (Wildman–Crippen MR) is 81.5 cm³/mol. The Hall–Kier alpha value is -2.32. The number of aryl methyl sites for hydroxylation is 1. The van der Waals surface area contributed by atoms with E-state index in [-0.39, 0.29) is 6.04 Å². The third-order valence-electron chi connectivity index (χ3n) is 3.63. The highest BCUT2D eigenvalue weighted by molar-refractivity contribution is 5.47. The van der Waals surface area contributed by atoms with E-state index in [0.29, 0.717) is 11.4 Å². The summed E-state index contributed by atoms with van der Waals surface area (Å²) in [6.45, 7) is 1.72. The Labute approximate surface area is 124 Å². The van der Waals surface area contributed by atoms with Crippen molar-refractivity contribution >= 4 is 5.82 Å². The molecule has 1 aromatic carbocycles. The van der Waals surface area contributed by atoms with Crippen LogP contribution in [0.2, 0.25) is 0 Å². The number of nitrogen functional groups attached to an aromatic ring is 1. The first-order chi connectivity index (χ1) is 10.1. The molecule has 1 aromatic heterocycles. The zero-order valence-electron chi connectivity index (χ0n) is 12.1. The van der Waals surface area contributed by atoms with Crippen LogP contribution in [0.25, 0.3) is 0 Å². The van der Waals surface area contributed by atoms with E-state index in [4.69, 9.17) is 11.0 Å². The second-order valence-electron chi connectivity index (χ2n) is 5.19. The monoisotopic (exact) mass is 284 g/mol. The number of aliphatic hydroxyl groups excluding tert-OH is 1. The van der Waals surface area contributed by atoms with Gasteiger partial charge in [-0.25, -0.2) is 4.68 Å². The molecular formula is C16H20N4O. The number of anilines is 1. The summed E-state index contributed by atoms with van der Waals surface area (Å²) in [5.41, 5.74) is 7.52. The fraction of sp³-hybridized carbons (Fsp3) is 0.375. The van der Waals surface area contributed by atoms with E-state index in [1.165, 1.54) is 11.8 Å². The van der Waals surface area contributed by atoms with E-state index >= 15 is 0 Å². The largest absolute Gasteiger partial charge is 0.391 e. The topological polar surface area (TPSA) is 87.9 Å². The average Bonchev–Trinajstić information content (AvgIpc) is 2.85. The molecule has 0 aliphatic heterocycles. The fourth-order valence-corrected chi connectivity index (χ4v) is 2.45. The summed E-state index contributed by atoms with van der Waals surface area (Å²) in [6, 6.07) is 12.0. The van der Waals surface area contributed by atoms with Gasteiger partial charge in [0.25, 0.3) is 0 Å². The minimum absolute atomic E-state index is 0.212. The number of nitrogens with zero attached hydrogens (tertiary/aromatic N) is 3. The highest BCUT2D eigenvalue weighted by Gasteiger charge is 2.21. The highest BCUT2D eigenvalue weighted by atomic mass is 16.3. The van der Waals surface area contributed by atoms with Gasteiger partial charge in [-0.05, 0) is 31.7 Å². The summed E-state index contributed by atoms with van der Waals surface area (Å²) < 4.78 is 1.56. The fourth-order valence-electron chi connectivity index (χ4n) is 2.45. The van der Waals surface area contributed by atoms with Gasteiger partial charge in [0.15, 0.2) is 0 Å². The van der Waals surface area contributed by atoms with Gasteiger partial charge < -0.3 is 10.8 Å². The summed E-state index contributed by atoms with van der Waals surface area (Å²) >= 11 is 0. The Morgan fingerprint density at radius 2 is 2.10 bits per heavy atom. The molecule has 0 saturated heterocycles. The first-order valence-electron chi connectivity index (χ1n) is 7.08. The van der Waals surface area contributed by atoms with E-state index in [1.54, 1.807) is 11.6 Å². The summed E-state index contributed by atoms with van der Waals surface area (Å²) in [5, 5.41) is 23.0. The van der Waals surface area contributed by atoms with E-state index in [9.17, 15) is 5.11 Å². The molecule has 0 spiro atoms. The smallest absolute Gasteiger partial charge is 0.140 e. The maximum Gasteiger partial charge on any atom is 0.140 e. The maximum atomic E-state index is 9.97. The van der Waals surface area contributed by atoms with Gasteiger partial charge in [-0.15, -0.1) is 0 Å². The molecule has 21 heavy (non-hydrogen) atoms. The van der Waals surface area contributed by atoms with E-state index in [2.05, 4.69) is 17.2 Å². The number of aliphatic hydroxyl groups is 1. The van der Waals surface area contributed by atoms with Crippen molar-refractivity contribution in [3.63, 3.8) is 0 Å². The molecule has 110 valence electrons. The summed E-state index contributed by atoms with van der Waals surface area (Å²) in [5.74, 6) is 0.322. The lowest BCUT2D eigenvalue weighted by Crippen LogP contribution is -2.24. The lowest BCUT2D eigenvalue weighted by molar-refractivity contribution is 0.117. The molecule has 2 rings (SSSR count). The van der Waals surface area contributed by atoms with Crippen LogP contribution in [-0.2, 0) is 6.42 Å². The molecule has 1 heterocycles. The molecule has 5 nitrogen and oxygen atoms in total. The van der Waals surface area contributed by atoms with Crippen LogP contribution < -0.4 is 5.73 Å². The third-order valence-corrected chi connectivity index (χ3v) is 3.63. The molecular weight excluding hydrogens is 264 g/mol. The summed E-state index contributed by atoms with van der Waals surface area (Å²) in [6.07, 6.45) is 3.48. The van der Waals surface area contributed by atoms with Crippen LogP contribution in [0.4, 0.5) is 5.82 Å². The summed E-state index contributed by atoms with van der Waals surface area (Å²) in [7, 11) is 0. The number of hydrogen-bond donors (Lipinski definition) is 2. The van der Waals surface area contributed by atoms with Gasteiger partial charge in [0, 0.05) is 0 Å². The molecule has 2 unspecified atom stereocenters. The minimum atomic E-state index is -0.575. The standard InChI is InChI=1S/C16H20N4O/c1-12(21)15(20-16(18)14(10-17)11-19-20)9-5-8-13-6-3-2-4-7-13/h2-4,6-7,11-12,15,21H,5,8-9,18H2,1H3. The molecule has 0 saturated carbocycles. The van der Waals surface area contributed by atoms with Crippen molar-refractivity contribution in [3.05, 3.63) is 47.7 Å².